The number of benzene rings is 7. The molecule has 0 atom stereocenters. The Hall–Kier alpha value is -7.25. The smallest absolute Gasteiger partial charge is 0.252 e. The average Bonchev–Trinajstić information content (AvgIpc) is 3.32. The second-order valence-corrected chi connectivity index (χ2v) is 26.1. The first kappa shape index (κ1) is 51.3. The second-order valence-electron chi connectivity index (χ2n) is 25.0. The monoisotopic (exact) mass is 1030 g/mol. The van der Waals surface area contributed by atoms with Gasteiger partial charge in [0.05, 0.1) is 21.2 Å². The fourth-order valence-electron chi connectivity index (χ4n) is 11.4. The van der Waals surface area contributed by atoms with Gasteiger partial charge in [0.1, 0.15) is 11.4 Å². The first-order valence-corrected chi connectivity index (χ1v) is 26.3. The van der Waals surface area contributed by atoms with Crippen LogP contribution in [0.3, 0.4) is 0 Å². The normalized spacial score (nSPS) is 14.1. The largest absolute Gasteiger partial charge is 0.503 e. The first-order chi connectivity index (χ1) is 34.7. The van der Waals surface area contributed by atoms with E-state index in [1.807, 2.05) is 12.1 Å². The van der Waals surface area contributed by atoms with Crippen molar-refractivity contribution in [3.05, 3.63) is 117 Å². The van der Waals surface area contributed by atoms with Crippen molar-refractivity contribution >= 4 is 86.0 Å². The molecule has 75 heavy (non-hydrogen) atoms. The molecular formula is C62H68BN3O8S. The molecule has 0 spiro atoms. The van der Waals surface area contributed by atoms with Crippen LogP contribution in [-0.2, 0) is 21.7 Å². The summed E-state index contributed by atoms with van der Waals surface area (Å²) in [4.78, 5) is 5.72. The minimum Gasteiger partial charge on any atom is -0.503 e. The van der Waals surface area contributed by atoms with Gasteiger partial charge in [0.2, 0.25) is 23.0 Å². The van der Waals surface area contributed by atoms with E-state index in [-0.39, 0.29) is 55.2 Å². The lowest BCUT2D eigenvalue weighted by molar-refractivity contribution is 0.337. The molecule has 0 fully saturated rings. The van der Waals surface area contributed by atoms with Gasteiger partial charge in [0.15, 0.2) is 23.0 Å². The molecule has 10 rings (SSSR count). The number of nitrogens with zero attached hydrogens (tertiary/aromatic N) is 3. The molecule has 0 saturated heterocycles. The SMILES string of the molecule is Cc1cc(C(C)(C)C)cc(C)c1N1c2ccc(C(C)(C)C)cc2B2c3ccc(N4c5c(O)c(O)c(O)c(O)c5Sc5c(O)c(O)c(O)c(O)c54)cc3N(c3c(C)cc(C(C)(C)C)cc3C)c3cc(C(C)(C)C)cc1c32. The molecule has 13 heteroatoms. The van der Waals surface area contributed by atoms with E-state index in [0.717, 1.165) is 83.9 Å². The molecule has 388 valence electrons. The van der Waals surface area contributed by atoms with Crippen LogP contribution >= 0.6 is 11.8 Å². The molecule has 3 aliphatic rings. The van der Waals surface area contributed by atoms with Crippen molar-refractivity contribution < 1.29 is 40.9 Å². The van der Waals surface area contributed by atoms with Gasteiger partial charge in [-0.25, -0.2) is 0 Å². The van der Waals surface area contributed by atoms with E-state index in [9.17, 15) is 40.9 Å². The van der Waals surface area contributed by atoms with E-state index in [2.05, 4.69) is 175 Å². The number of hydrogen-bond donors (Lipinski definition) is 8. The van der Waals surface area contributed by atoms with Crippen molar-refractivity contribution in [1.82, 2.24) is 0 Å². The van der Waals surface area contributed by atoms with Gasteiger partial charge >= 0.3 is 0 Å². The van der Waals surface area contributed by atoms with Gasteiger partial charge in [0, 0.05) is 28.4 Å². The van der Waals surface area contributed by atoms with Gasteiger partial charge in [-0.3, -0.25) is 0 Å². The van der Waals surface area contributed by atoms with Gasteiger partial charge in [-0.05, 0) is 141 Å². The fourth-order valence-corrected chi connectivity index (χ4v) is 12.6. The Balaban J connectivity index is 1.38. The van der Waals surface area contributed by atoms with Gasteiger partial charge < -0.3 is 55.6 Å². The molecule has 0 saturated carbocycles. The van der Waals surface area contributed by atoms with Gasteiger partial charge in [-0.15, -0.1) is 0 Å². The summed E-state index contributed by atoms with van der Waals surface area (Å²) in [6, 6.07) is 26.5. The molecule has 0 aromatic heterocycles. The van der Waals surface area contributed by atoms with Crippen molar-refractivity contribution in [2.75, 3.05) is 14.7 Å². The molecule has 8 N–H and O–H groups in total. The Kier molecular flexibility index (Phi) is 11.4. The number of anilines is 9. The maximum Gasteiger partial charge on any atom is 0.252 e. The Morgan fingerprint density at radius 1 is 0.347 bits per heavy atom. The predicted molar refractivity (Wildman–Crippen MR) is 306 cm³/mol. The molecule has 0 aliphatic carbocycles. The molecule has 11 nitrogen and oxygen atoms in total. The molecule has 0 radical (unpaired) electrons. The summed E-state index contributed by atoms with van der Waals surface area (Å²) < 4.78 is 0. The van der Waals surface area contributed by atoms with Crippen molar-refractivity contribution in [3.8, 4) is 46.0 Å². The molecule has 7 aromatic rings. The van der Waals surface area contributed by atoms with Crippen LogP contribution in [0.5, 0.6) is 46.0 Å². The maximum atomic E-state index is 11.8. The highest BCUT2D eigenvalue weighted by molar-refractivity contribution is 8.00. The van der Waals surface area contributed by atoms with E-state index in [4.69, 9.17) is 0 Å². The number of phenolic OH excluding ortho intramolecular Hbond substituents is 8. The van der Waals surface area contributed by atoms with Crippen LogP contribution in [-0.4, -0.2) is 47.6 Å². The quantitative estimate of drug-likeness (QED) is 0.0479. The highest BCUT2D eigenvalue weighted by Gasteiger charge is 2.47. The topological polar surface area (TPSA) is 172 Å². The lowest BCUT2D eigenvalue weighted by Gasteiger charge is -2.47. The van der Waals surface area contributed by atoms with Gasteiger partial charge in [0.25, 0.3) is 6.71 Å². The third-order valence-corrected chi connectivity index (χ3v) is 16.7. The summed E-state index contributed by atoms with van der Waals surface area (Å²) in [5, 5.41) is 90.7. The molecule has 0 amide bonds. The second kappa shape index (κ2) is 16.6. The Labute approximate surface area is 445 Å². The minimum absolute atomic E-state index is 0.0764. The van der Waals surface area contributed by atoms with Crippen LogP contribution in [0.2, 0.25) is 0 Å². The van der Waals surface area contributed by atoms with Crippen molar-refractivity contribution in [2.45, 2.75) is 142 Å². The zero-order valence-electron chi connectivity index (χ0n) is 45.8. The third kappa shape index (κ3) is 7.69. The summed E-state index contributed by atoms with van der Waals surface area (Å²) in [6.45, 7) is 35.1. The molecule has 3 aliphatic heterocycles. The number of aromatic hydroxyl groups is 8. The van der Waals surface area contributed by atoms with E-state index >= 15 is 0 Å². The standard InChI is InChI=1S/C62H68BN3O8S/c1-29-21-34(60(8,9)10)22-30(2)45(29)65-40-20-17-33(59(5,6)7)25-39(40)63-38-19-18-37(64-47-49(67)51(69)53(71)55(73)57(47)75-58-48(64)50(68)52(70)54(72)56(58)74)28-41(38)66(43-27-36(62(14,15)16)26-42(65)44(43)63)46-31(3)23-35(24-32(46)4)61(11,12)13/h17-28,67-74H,1-16H3. The van der Waals surface area contributed by atoms with E-state index in [1.165, 1.54) is 16.0 Å². The Morgan fingerprint density at radius 2 is 0.733 bits per heavy atom. The van der Waals surface area contributed by atoms with Crippen LogP contribution in [0.4, 0.5) is 51.2 Å². The number of aryl methyl sites for hydroxylation is 4. The third-order valence-electron chi connectivity index (χ3n) is 15.5. The summed E-state index contributed by atoms with van der Waals surface area (Å²) in [5.41, 5.74) is 17.0. The lowest BCUT2D eigenvalue weighted by atomic mass is 9.33. The molecule has 7 aromatic carbocycles. The summed E-state index contributed by atoms with van der Waals surface area (Å²) in [7, 11) is 0. The van der Waals surface area contributed by atoms with E-state index in [0.29, 0.717) is 11.8 Å². The predicted octanol–water partition coefficient (Wildman–Crippen LogP) is 13.8. The van der Waals surface area contributed by atoms with Crippen LogP contribution < -0.4 is 31.1 Å². The van der Waals surface area contributed by atoms with E-state index in [1.54, 1.807) is 6.07 Å². The van der Waals surface area contributed by atoms with Crippen LogP contribution in [0, 0.1) is 27.7 Å². The number of rotatable bonds is 3. The number of fused-ring (bicyclic) bond motifs is 6. The Bertz CT molecular complexity index is 3520. The van der Waals surface area contributed by atoms with Gasteiger partial charge in [-0.2, -0.15) is 0 Å². The summed E-state index contributed by atoms with van der Waals surface area (Å²) in [6.07, 6.45) is 0. The molecule has 3 heterocycles. The average molecular weight is 1030 g/mol. The zero-order chi connectivity index (χ0) is 54.8. The van der Waals surface area contributed by atoms with Crippen molar-refractivity contribution in [1.29, 1.82) is 0 Å². The molecule has 0 unspecified atom stereocenters. The minimum atomic E-state index is -1.02. The molecular weight excluding hydrogens is 958 g/mol. The van der Waals surface area contributed by atoms with Gasteiger partial charge in [-0.1, -0.05) is 137 Å². The van der Waals surface area contributed by atoms with Crippen molar-refractivity contribution in [2.24, 2.45) is 0 Å². The lowest BCUT2D eigenvalue weighted by Crippen LogP contribution is -2.61. The zero-order valence-corrected chi connectivity index (χ0v) is 46.6. The van der Waals surface area contributed by atoms with Crippen LogP contribution in [0.15, 0.2) is 82.6 Å². The summed E-state index contributed by atoms with van der Waals surface area (Å²) in [5.74, 6) is -7.37. The Morgan fingerprint density at radius 3 is 1.15 bits per heavy atom. The van der Waals surface area contributed by atoms with Crippen molar-refractivity contribution in [3.63, 3.8) is 0 Å². The maximum absolute atomic E-state index is 11.8. The number of hydrogen-bond acceptors (Lipinski definition) is 12. The van der Waals surface area contributed by atoms with E-state index < -0.39 is 46.0 Å². The fraction of sp³-hybridized carbons (Fsp3) is 0.323. The molecule has 0 bridgehead atoms. The number of phenols is 8. The highest BCUT2D eigenvalue weighted by Crippen LogP contribution is 2.68. The summed E-state index contributed by atoms with van der Waals surface area (Å²) >= 11 is 0.628. The van der Waals surface area contributed by atoms with Crippen LogP contribution in [0.1, 0.15) is 128 Å². The first-order valence-electron chi connectivity index (χ1n) is 25.5. The van der Waals surface area contributed by atoms with Crippen LogP contribution in [0.25, 0.3) is 0 Å². The highest BCUT2D eigenvalue weighted by atomic mass is 32.2.